The smallest absolute Gasteiger partial charge is 0.177 e. The summed E-state index contributed by atoms with van der Waals surface area (Å²) in [5.74, 6) is 2.66. The molecule has 1 heterocycles. The molecule has 0 spiro atoms. The standard InChI is InChI=1S/C18H16O3S/c1-20-17-9-8-13-5-2-3-7-15(13)18(17)16(19)12-22-11-14-6-4-10-21-14/h2-10H,11-12H2,1H3. The second-order valence-corrected chi connectivity index (χ2v) is 5.84. The fourth-order valence-electron chi connectivity index (χ4n) is 2.42. The summed E-state index contributed by atoms with van der Waals surface area (Å²) in [6, 6.07) is 15.5. The molecule has 0 aliphatic rings. The summed E-state index contributed by atoms with van der Waals surface area (Å²) in [7, 11) is 1.59. The lowest BCUT2D eigenvalue weighted by Gasteiger charge is -2.11. The minimum absolute atomic E-state index is 0.0743. The van der Waals surface area contributed by atoms with Gasteiger partial charge in [-0.15, -0.1) is 11.8 Å². The molecule has 0 aliphatic heterocycles. The normalized spacial score (nSPS) is 10.8. The molecule has 0 atom stereocenters. The molecule has 112 valence electrons. The first-order chi connectivity index (χ1) is 10.8. The Bertz CT molecular complexity index is 778. The lowest BCUT2D eigenvalue weighted by atomic mass is 10.0. The van der Waals surface area contributed by atoms with Crippen molar-refractivity contribution in [1.29, 1.82) is 0 Å². The number of carbonyl (C=O) groups is 1. The number of ketones is 1. The number of hydrogen-bond acceptors (Lipinski definition) is 4. The van der Waals surface area contributed by atoms with E-state index in [-0.39, 0.29) is 5.78 Å². The number of thioether (sulfide) groups is 1. The van der Waals surface area contributed by atoms with Gasteiger partial charge in [0.15, 0.2) is 5.78 Å². The number of ether oxygens (including phenoxy) is 1. The third kappa shape index (κ3) is 3.02. The molecule has 0 saturated carbocycles. The van der Waals surface area contributed by atoms with Crippen molar-refractivity contribution in [2.75, 3.05) is 12.9 Å². The largest absolute Gasteiger partial charge is 0.496 e. The Hall–Kier alpha value is -2.20. The zero-order chi connectivity index (χ0) is 15.4. The summed E-state index contributed by atoms with van der Waals surface area (Å²) >= 11 is 1.54. The van der Waals surface area contributed by atoms with E-state index < -0.39 is 0 Å². The molecule has 2 aromatic carbocycles. The molecule has 0 bridgehead atoms. The molecule has 1 aromatic heterocycles. The molecule has 4 heteroatoms. The van der Waals surface area contributed by atoms with Crippen molar-refractivity contribution in [1.82, 2.24) is 0 Å². The van der Waals surface area contributed by atoms with E-state index in [1.54, 1.807) is 25.1 Å². The molecule has 3 rings (SSSR count). The molecule has 0 aliphatic carbocycles. The first-order valence-electron chi connectivity index (χ1n) is 6.98. The van der Waals surface area contributed by atoms with Gasteiger partial charge in [-0.1, -0.05) is 30.3 Å². The summed E-state index contributed by atoms with van der Waals surface area (Å²) in [5, 5.41) is 1.98. The van der Waals surface area contributed by atoms with Crippen LogP contribution in [0.15, 0.2) is 59.2 Å². The van der Waals surface area contributed by atoms with Crippen LogP contribution in [0.3, 0.4) is 0 Å². The van der Waals surface area contributed by atoms with Gasteiger partial charge in [0.05, 0.1) is 30.4 Å². The SMILES string of the molecule is COc1ccc2ccccc2c1C(=O)CSCc1ccco1. The van der Waals surface area contributed by atoms with Crippen LogP contribution in [0, 0.1) is 0 Å². The highest BCUT2D eigenvalue weighted by Gasteiger charge is 2.16. The van der Waals surface area contributed by atoms with E-state index in [0.717, 1.165) is 16.5 Å². The second kappa shape index (κ2) is 6.71. The van der Waals surface area contributed by atoms with Crippen LogP contribution in [0.5, 0.6) is 5.75 Å². The number of rotatable bonds is 6. The van der Waals surface area contributed by atoms with Crippen molar-refractivity contribution < 1.29 is 13.9 Å². The fourth-order valence-corrected chi connectivity index (χ4v) is 3.22. The van der Waals surface area contributed by atoms with E-state index in [2.05, 4.69) is 0 Å². The highest BCUT2D eigenvalue weighted by atomic mass is 32.2. The van der Waals surface area contributed by atoms with Crippen molar-refractivity contribution in [2.45, 2.75) is 5.75 Å². The minimum Gasteiger partial charge on any atom is -0.496 e. The van der Waals surface area contributed by atoms with E-state index in [1.807, 2.05) is 48.5 Å². The van der Waals surface area contributed by atoms with Gasteiger partial charge in [-0.2, -0.15) is 0 Å². The Morgan fingerprint density at radius 3 is 2.77 bits per heavy atom. The highest BCUT2D eigenvalue weighted by Crippen LogP contribution is 2.29. The summed E-state index contributed by atoms with van der Waals surface area (Å²) in [6.45, 7) is 0. The second-order valence-electron chi connectivity index (χ2n) is 4.86. The predicted molar refractivity (Wildman–Crippen MR) is 89.7 cm³/mol. The summed E-state index contributed by atoms with van der Waals surface area (Å²) in [5.41, 5.74) is 0.660. The van der Waals surface area contributed by atoms with Crippen LogP contribution < -0.4 is 4.74 Å². The molecule has 0 fully saturated rings. The molecule has 0 saturated heterocycles. The first kappa shape index (κ1) is 14.7. The Morgan fingerprint density at radius 1 is 1.14 bits per heavy atom. The summed E-state index contributed by atoms with van der Waals surface area (Å²) in [6.07, 6.45) is 1.64. The van der Waals surface area contributed by atoms with Crippen LogP contribution in [-0.2, 0) is 5.75 Å². The van der Waals surface area contributed by atoms with E-state index in [0.29, 0.717) is 22.8 Å². The van der Waals surface area contributed by atoms with Crippen molar-refractivity contribution in [2.24, 2.45) is 0 Å². The number of Topliss-reactive ketones (excluding diaryl/α,β-unsaturated/α-hetero) is 1. The predicted octanol–water partition coefficient (Wildman–Crippen LogP) is 4.56. The van der Waals surface area contributed by atoms with Crippen LogP contribution >= 0.6 is 11.8 Å². The maximum absolute atomic E-state index is 12.6. The summed E-state index contributed by atoms with van der Waals surface area (Å²) in [4.78, 5) is 12.6. The first-order valence-corrected chi connectivity index (χ1v) is 8.14. The number of carbonyl (C=O) groups excluding carboxylic acids is 1. The lowest BCUT2D eigenvalue weighted by molar-refractivity contribution is 0.102. The minimum atomic E-state index is 0.0743. The summed E-state index contributed by atoms with van der Waals surface area (Å²) < 4.78 is 10.7. The lowest BCUT2D eigenvalue weighted by Crippen LogP contribution is -2.06. The van der Waals surface area contributed by atoms with Crippen molar-refractivity contribution in [3.8, 4) is 5.75 Å². The van der Waals surface area contributed by atoms with Gasteiger partial charge in [-0.3, -0.25) is 4.79 Å². The van der Waals surface area contributed by atoms with Crippen LogP contribution in [-0.4, -0.2) is 18.6 Å². The average molecular weight is 312 g/mol. The topological polar surface area (TPSA) is 39.4 Å². The molecule has 0 radical (unpaired) electrons. The Kier molecular flexibility index (Phi) is 4.49. The third-order valence-corrected chi connectivity index (χ3v) is 4.40. The molecule has 0 unspecified atom stereocenters. The van der Waals surface area contributed by atoms with E-state index in [1.165, 1.54) is 0 Å². The Morgan fingerprint density at radius 2 is 2.00 bits per heavy atom. The van der Waals surface area contributed by atoms with Crippen LogP contribution in [0.2, 0.25) is 0 Å². The third-order valence-electron chi connectivity index (χ3n) is 3.45. The molecule has 0 amide bonds. The Balaban J connectivity index is 1.83. The van der Waals surface area contributed by atoms with Gasteiger partial charge in [0.1, 0.15) is 11.5 Å². The molecule has 3 nitrogen and oxygen atoms in total. The van der Waals surface area contributed by atoms with Crippen molar-refractivity contribution >= 4 is 28.3 Å². The van der Waals surface area contributed by atoms with Gasteiger partial charge in [0.2, 0.25) is 0 Å². The monoisotopic (exact) mass is 312 g/mol. The van der Waals surface area contributed by atoms with Gasteiger partial charge in [-0.05, 0) is 29.0 Å². The van der Waals surface area contributed by atoms with Crippen molar-refractivity contribution in [3.05, 3.63) is 66.1 Å². The fraction of sp³-hybridized carbons (Fsp3) is 0.167. The number of hydrogen-bond donors (Lipinski definition) is 0. The number of methoxy groups -OCH3 is 1. The maximum Gasteiger partial charge on any atom is 0.177 e. The molecule has 3 aromatic rings. The average Bonchev–Trinajstić information content (AvgIpc) is 3.07. The van der Waals surface area contributed by atoms with E-state index >= 15 is 0 Å². The molecular weight excluding hydrogens is 296 g/mol. The Labute approximate surface area is 133 Å². The maximum atomic E-state index is 12.6. The van der Waals surface area contributed by atoms with Crippen LogP contribution in [0.1, 0.15) is 16.1 Å². The quantitative estimate of drug-likeness (QED) is 0.626. The van der Waals surface area contributed by atoms with E-state index in [4.69, 9.17) is 9.15 Å². The number of furan rings is 1. The molecular formula is C18H16O3S. The van der Waals surface area contributed by atoms with E-state index in [9.17, 15) is 4.79 Å². The molecule has 22 heavy (non-hydrogen) atoms. The zero-order valence-electron chi connectivity index (χ0n) is 12.2. The van der Waals surface area contributed by atoms with Gasteiger partial charge in [0.25, 0.3) is 0 Å². The van der Waals surface area contributed by atoms with Gasteiger partial charge >= 0.3 is 0 Å². The van der Waals surface area contributed by atoms with Crippen LogP contribution in [0.25, 0.3) is 10.8 Å². The number of benzene rings is 2. The number of fused-ring (bicyclic) bond motifs is 1. The van der Waals surface area contributed by atoms with Gasteiger partial charge < -0.3 is 9.15 Å². The van der Waals surface area contributed by atoms with Crippen molar-refractivity contribution in [3.63, 3.8) is 0 Å². The van der Waals surface area contributed by atoms with Gasteiger partial charge in [-0.25, -0.2) is 0 Å². The zero-order valence-corrected chi connectivity index (χ0v) is 13.1. The van der Waals surface area contributed by atoms with Gasteiger partial charge in [0, 0.05) is 0 Å². The van der Waals surface area contributed by atoms with Crippen LogP contribution in [0.4, 0.5) is 0 Å². The molecule has 0 N–H and O–H groups in total. The highest BCUT2D eigenvalue weighted by molar-refractivity contribution is 7.99.